The van der Waals surface area contributed by atoms with E-state index in [0.717, 1.165) is 35.7 Å². The smallest absolute Gasteiger partial charge is 0.305 e. The molecule has 1 heterocycles. The molecule has 5 N–H and O–H groups in total. The van der Waals surface area contributed by atoms with Gasteiger partial charge in [-0.05, 0) is 135 Å². The molecular formula is C40H44N6O6S2. The number of unbranched alkanes of at least 4 members (excludes halogenated alkanes) is 1. The molecule has 0 saturated carbocycles. The van der Waals surface area contributed by atoms with Crippen molar-refractivity contribution in [1.29, 1.82) is 0 Å². The second kappa shape index (κ2) is 22.4. The Labute approximate surface area is 325 Å². The number of aliphatic carboxylic acids is 1. The van der Waals surface area contributed by atoms with E-state index in [9.17, 15) is 19.5 Å². The normalized spacial score (nSPS) is 11.0. The van der Waals surface area contributed by atoms with Crippen LogP contribution in [0.1, 0.15) is 53.7 Å². The number of benzene rings is 3. The summed E-state index contributed by atoms with van der Waals surface area (Å²) in [6, 6.07) is 26.5. The number of hydrogen-bond acceptors (Lipinski definition) is 10. The highest BCUT2D eigenvalue weighted by atomic mass is 32.1. The van der Waals surface area contributed by atoms with Gasteiger partial charge in [-0.25, -0.2) is 4.98 Å². The maximum Gasteiger partial charge on any atom is 0.305 e. The predicted molar refractivity (Wildman–Crippen MR) is 217 cm³/mol. The molecule has 1 atom stereocenters. The SMILES string of the molecule is Cc1cccc(NCCCOc2ccc(CC(CC(=O)O)NC(=O)c3ccc(OCCCCC(=O)CNC(=S)Nc4ccc(N=C=S)cc4)cc3)cc2)n1. The van der Waals surface area contributed by atoms with E-state index in [1.165, 1.54) is 0 Å². The second-order valence-corrected chi connectivity index (χ2v) is 12.9. The Morgan fingerprint density at radius 2 is 1.57 bits per heavy atom. The van der Waals surface area contributed by atoms with Crippen molar-refractivity contribution in [2.75, 3.05) is 36.9 Å². The number of nitrogens with zero attached hydrogens (tertiary/aromatic N) is 2. The van der Waals surface area contributed by atoms with E-state index in [2.05, 4.69) is 48.6 Å². The molecule has 0 aliphatic heterocycles. The molecule has 1 amide bonds. The van der Waals surface area contributed by atoms with E-state index in [-0.39, 0.29) is 24.7 Å². The number of carbonyl (C=O) groups excluding carboxylic acids is 2. The maximum absolute atomic E-state index is 13.0. The van der Waals surface area contributed by atoms with Crippen LogP contribution in [0.15, 0.2) is 96.0 Å². The van der Waals surface area contributed by atoms with Crippen LogP contribution in [-0.4, -0.2) is 70.4 Å². The third-order valence-electron chi connectivity index (χ3n) is 7.93. The number of rotatable bonds is 22. The third-order valence-corrected chi connectivity index (χ3v) is 8.26. The number of aromatic nitrogens is 1. The summed E-state index contributed by atoms with van der Waals surface area (Å²) in [4.78, 5) is 45.2. The van der Waals surface area contributed by atoms with E-state index in [1.54, 1.807) is 48.5 Å². The van der Waals surface area contributed by atoms with Gasteiger partial charge >= 0.3 is 5.97 Å². The number of pyridine rings is 1. The summed E-state index contributed by atoms with van der Waals surface area (Å²) in [6.07, 6.45) is 2.60. The second-order valence-electron chi connectivity index (χ2n) is 12.3. The highest BCUT2D eigenvalue weighted by Crippen LogP contribution is 2.18. The fourth-order valence-corrected chi connectivity index (χ4v) is 5.51. The largest absolute Gasteiger partial charge is 0.494 e. The number of aliphatic imine (C=N–C) groups is 1. The molecule has 4 aromatic rings. The zero-order chi connectivity index (χ0) is 38.5. The Morgan fingerprint density at radius 1 is 0.889 bits per heavy atom. The number of ketones is 1. The van der Waals surface area contributed by atoms with Crippen LogP contribution in [0.25, 0.3) is 0 Å². The van der Waals surface area contributed by atoms with Crippen molar-refractivity contribution in [3.63, 3.8) is 0 Å². The van der Waals surface area contributed by atoms with Gasteiger partial charge in [0.1, 0.15) is 17.3 Å². The number of isothiocyanates is 1. The standard InChI is InChI=1S/C40H44N6O6S2/c1-28-6-4-8-37(44-28)41-21-5-23-52-35-17-9-29(10-18-35)24-33(25-38(48)49)45-39(50)30-11-19-36(20-12-30)51-22-3-2-7-34(47)26-42-40(54)46-32-15-13-31(14-16-32)43-27-53/h4,6,8-20,33H,2-3,5,7,21-26H2,1H3,(H,41,44)(H,45,50)(H,48,49)(H2,42,46,54). The Kier molecular flexibility index (Phi) is 17.0. The number of hydrogen-bond donors (Lipinski definition) is 5. The van der Waals surface area contributed by atoms with Crippen LogP contribution in [0.2, 0.25) is 0 Å². The quantitative estimate of drug-likeness (QED) is 0.0319. The molecule has 12 nitrogen and oxygen atoms in total. The van der Waals surface area contributed by atoms with Crippen molar-refractivity contribution in [2.45, 2.75) is 51.5 Å². The van der Waals surface area contributed by atoms with Crippen molar-refractivity contribution in [3.8, 4) is 11.5 Å². The first kappa shape index (κ1) is 41.1. The van der Waals surface area contributed by atoms with Crippen LogP contribution in [0.3, 0.4) is 0 Å². The number of Topliss-reactive ketones (excluding diaryl/α,β-unsaturated/α-hetero) is 1. The van der Waals surface area contributed by atoms with Crippen molar-refractivity contribution in [1.82, 2.24) is 15.6 Å². The summed E-state index contributed by atoms with van der Waals surface area (Å²) in [7, 11) is 0. The van der Waals surface area contributed by atoms with Gasteiger partial charge in [0.2, 0.25) is 0 Å². The molecule has 1 unspecified atom stereocenters. The molecular weight excluding hydrogens is 725 g/mol. The molecule has 1 aromatic heterocycles. The number of carboxylic acids is 1. The van der Waals surface area contributed by atoms with E-state index >= 15 is 0 Å². The van der Waals surface area contributed by atoms with Crippen LogP contribution in [0.5, 0.6) is 11.5 Å². The van der Waals surface area contributed by atoms with Gasteiger partial charge in [-0.1, -0.05) is 18.2 Å². The first-order valence-corrected chi connectivity index (χ1v) is 18.4. The molecule has 0 aliphatic rings. The van der Waals surface area contributed by atoms with Crippen LogP contribution in [0.4, 0.5) is 17.2 Å². The van der Waals surface area contributed by atoms with E-state index in [0.29, 0.717) is 66.8 Å². The molecule has 0 saturated heterocycles. The first-order valence-electron chi connectivity index (χ1n) is 17.6. The zero-order valence-electron chi connectivity index (χ0n) is 30.0. The highest BCUT2D eigenvalue weighted by Gasteiger charge is 2.18. The van der Waals surface area contributed by atoms with Gasteiger partial charge in [-0.3, -0.25) is 14.4 Å². The minimum absolute atomic E-state index is 0.0272. The Morgan fingerprint density at radius 3 is 2.24 bits per heavy atom. The molecule has 0 spiro atoms. The number of carbonyl (C=O) groups is 3. The lowest BCUT2D eigenvalue weighted by molar-refractivity contribution is -0.137. The van der Waals surface area contributed by atoms with Gasteiger partial charge in [0.05, 0.1) is 37.0 Å². The van der Waals surface area contributed by atoms with E-state index < -0.39 is 12.0 Å². The lowest BCUT2D eigenvalue weighted by atomic mass is 10.0. The third kappa shape index (κ3) is 15.5. The molecule has 0 fully saturated rings. The molecule has 0 aliphatic carbocycles. The summed E-state index contributed by atoms with van der Waals surface area (Å²) < 4.78 is 11.6. The van der Waals surface area contributed by atoms with Crippen LogP contribution in [0, 0.1) is 6.92 Å². The zero-order valence-corrected chi connectivity index (χ0v) is 31.6. The van der Waals surface area contributed by atoms with E-state index in [4.69, 9.17) is 21.7 Å². The van der Waals surface area contributed by atoms with Crippen LogP contribution >= 0.6 is 24.4 Å². The molecule has 282 valence electrons. The predicted octanol–water partition coefficient (Wildman–Crippen LogP) is 6.93. The van der Waals surface area contributed by atoms with Gasteiger partial charge in [-0.15, -0.1) is 0 Å². The Bertz CT molecular complexity index is 1880. The topological polar surface area (TPSA) is 163 Å². The first-order chi connectivity index (χ1) is 26.2. The molecule has 0 radical (unpaired) electrons. The van der Waals surface area contributed by atoms with Crippen molar-refractivity contribution in [2.24, 2.45) is 4.99 Å². The minimum Gasteiger partial charge on any atom is -0.494 e. The number of anilines is 2. The monoisotopic (exact) mass is 768 g/mol. The average molecular weight is 769 g/mol. The van der Waals surface area contributed by atoms with E-state index in [1.807, 2.05) is 49.4 Å². The Balaban J connectivity index is 1.11. The van der Waals surface area contributed by atoms with Gasteiger partial charge in [0, 0.05) is 36.0 Å². The van der Waals surface area contributed by atoms with Crippen molar-refractivity contribution >= 4 is 69.6 Å². The number of thiocarbonyl (C=S) groups is 2. The van der Waals surface area contributed by atoms with Gasteiger partial charge in [-0.2, -0.15) is 4.99 Å². The van der Waals surface area contributed by atoms with Gasteiger partial charge in [0.15, 0.2) is 10.9 Å². The number of amides is 1. The number of aryl methyl sites for hydroxylation is 1. The number of ether oxygens (including phenoxy) is 2. The van der Waals surface area contributed by atoms with Crippen molar-refractivity contribution in [3.05, 3.63) is 108 Å². The van der Waals surface area contributed by atoms with Gasteiger partial charge in [0.25, 0.3) is 5.91 Å². The minimum atomic E-state index is -1.01. The lowest BCUT2D eigenvalue weighted by Gasteiger charge is -2.18. The number of nitrogens with one attached hydrogen (secondary N) is 4. The molecule has 14 heteroatoms. The fraction of sp³-hybridized carbons (Fsp3) is 0.300. The lowest BCUT2D eigenvalue weighted by Crippen LogP contribution is -2.38. The van der Waals surface area contributed by atoms with Crippen LogP contribution in [-0.2, 0) is 16.0 Å². The fourth-order valence-electron chi connectivity index (χ4n) is 5.21. The summed E-state index contributed by atoms with van der Waals surface area (Å²) >= 11 is 9.86. The highest BCUT2D eigenvalue weighted by molar-refractivity contribution is 7.80. The van der Waals surface area contributed by atoms with Crippen molar-refractivity contribution < 1.29 is 29.0 Å². The summed E-state index contributed by atoms with van der Waals surface area (Å²) in [5, 5.41) is 24.2. The van der Waals surface area contributed by atoms with Crippen LogP contribution < -0.4 is 30.7 Å². The summed E-state index contributed by atoms with van der Waals surface area (Å²) in [6.45, 7) is 3.72. The average Bonchev–Trinajstić information content (AvgIpc) is 3.15. The summed E-state index contributed by atoms with van der Waals surface area (Å²) in [5.74, 6) is 0.776. The number of carboxylic acid groups (broad SMARTS) is 1. The molecule has 4 rings (SSSR count). The Hall–Kier alpha value is -5.69. The maximum atomic E-state index is 13.0. The van der Waals surface area contributed by atoms with Gasteiger partial charge < -0.3 is 35.8 Å². The molecule has 54 heavy (non-hydrogen) atoms. The summed E-state index contributed by atoms with van der Waals surface area (Å²) in [5.41, 5.74) is 3.66. The molecule has 3 aromatic carbocycles. The molecule has 0 bridgehead atoms.